The Labute approximate surface area is 126 Å². The first-order valence-electron chi connectivity index (χ1n) is 7.44. The predicted octanol–water partition coefficient (Wildman–Crippen LogP) is 5.09. The molecule has 1 aromatic carbocycles. The Morgan fingerprint density at radius 2 is 2.05 bits per heavy atom. The molecule has 0 amide bonds. The Morgan fingerprint density at radius 3 is 2.70 bits per heavy atom. The van der Waals surface area contributed by atoms with Crippen molar-refractivity contribution in [3.8, 4) is 0 Å². The second kappa shape index (κ2) is 6.64. The van der Waals surface area contributed by atoms with E-state index in [1.165, 1.54) is 16.5 Å². The average Bonchev–Trinajstić information content (AvgIpc) is 2.74. The van der Waals surface area contributed by atoms with Crippen LogP contribution in [-0.4, -0.2) is 6.54 Å². The number of fused-ring (bicyclic) bond motifs is 1. The zero-order valence-corrected chi connectivity index (χ0v) is 13.6. The lowest BCUT2D eigenvalue weighted by molar-refractivity contribution is 0.501. The second-order valence-corrected chi connectivity index (χ2v) is 6.25. The van der Waals surface area contributed by atoms with Crippen LogP contribution >= 0.6 is 11.6 Å². The molecular weight excluding hydrogens is 270 g/mol. The first kappa shape index (κ1) is 15.4. The van der Waals surface area contributed by atoms with Crippen molar-refractivity contribution >= 4 is 22.6 Å². The fourth-order valence-electron chi connectivity index (χ4n) is 2.60. The highest BCUT2D eigenvalue weighted by molar-refractivity contribution is 6.35. The molecule has 2 nitrogen and oxygen atoms in total. The molecule has 110 valence electrons. The summed E-state index contributed by atoms with van der Waals surface area (Å²) in [6.07, 6.45) is 2.15. The van der Waals surface area contributed by atoms with Crippen LogP contribution < -0.4 is 5.32 Å². The number of rotatable bonds is 6. The third kappa shape index (κ3) is 3.18. The molecule has 0 aliphatic carbocycles. The summed E-state index contributed by atoms with van der Waals surface area (Å²) in [5.41, 5.74) is 3.40. The molecule has 2 rings (SSSR count). The maximum absolute atomic E-state index is 6.30. The molecule has 0 unspecified atom stereocenters. The summed E-state index contributed by atoms with van der Waals surface area (Å²) in [6.45, 7) is 10.6. The van der Waals surface area contributed by atoms with Crippen molar-refractivity contribution in [3.05, 3.63) is 34.0 Å². The largest absolute Gasteiger partial charge is 0.458 e. The summed E-state index contributed by atoms with van der Waals surface area (Å²) in [5, 5.41) is 5.34. The molecule has 0 radical (unpaired) electrons. The van der Waals surface area contributed by atoms with Crippen LogP contribution in [0.3, 0.4) is 0 Å². The first-order chi connectivity index (χ1) is 9.54. The summed E-state index contributed by atoms with van der Waals surface area (Å²) in [4.78, 5) is 0. The highest BCUT2D eigenvalue weighted by Gasteiger charge is 2.18. The molecule has 0 saturated heterocycles. The smallest absolute Gasteiger partial charge is 0.153 e. The molecule has 1 heterocycles. The van der Waals surface area contributed by atoms with Crippen molar-refractivity contribution < 1.29 is 4.42 Å². The van der Waals surface area contributed by atoms with Crippen LogP contribution in [0.4, 0.5) is 0 Å². The summed E-state index contributed by atoms with van der Waals surface area (Å²) in [7, 11) is 0. The van der Waals surface area contributed by atoms with Crippen LogP contribution in [0.15, 0.2) is 16.5 Å². The minimum absolute atomic E-state index is 0.596. The van der Waals surface area contributed by atoms with E-state index < -0.39 is 0 Å². The van der Waals surface area contributed by atoms with Crippen molar-refractivity contribution in [2.75, 3.05) is 6.54 Å². The fraction of sp³-hybridized carbons (Fsp3) is 0.529. The molecule has 1 N–H and O–H groups in total. The van der Waals surface area contributed by atoms with E-state index in [2.05, 4.69) is 39.1 Å². The van der Waals surface area contributed by atoms with Gasteiger partial charge in [-0.3, -0.25) is 0 Å². The third-order valence-corrected chi connectivity index (χ3v) is 3.80. The Bertz CT molecular complexity index is 586. The van der Waals surface area contributed by atoms with Crippen molar-refractivity contribution in [1.82, 2.24) is 5.32 Å². The van der Waals surface area contributed by atoms with Crippen LogP contribution in [0.2, 0.25) is 5.02 Å². The molecule has 0 aliphatic heterocycles. The quantitative estimate of drug-likeness (QED) is 0.750. The Balaban J connectivity index is 2.49. The Hall–Kier alpha value is -0.990. The van der Waals surface area contributed by atoms with Crippen LogP contribution in [0.1, 0.15) is 44.1 Å². The van der Waals surface area contributed by atoms with Gasteiger partial charge in [0.05, 0.1) is 11.6 Å². The van der Waals surface area contributed by atoms with Crippen LogP contribution in [0, 0.1) is 12.8 Å². The molecule has 0 atom stereocenters. The van der Waals surface area contributed by atoms with E-state index >= 15 is 0 Å². The van der Waals surface area contributed by atoms with Gasteiger partial charge in [-0.1, -0.05) is 38.4 Å². The minimum Gasteiger partial charge on any atom is -0.458 e. The van der Waals surface area contributed by atoms with Gasteiger partial charge in [0.15, 0.2) is 5.58 Å². The predicted molar refractivity (Wildman–Crippen MR) is 86.5 cm³/mol. The third-order valence-electron chi connectivity index (χ3n) is 3.51. The molecule has 0 saturated carbocycles. The van der Waals surface area contributed by atoms with Crippen molar-refractivity contribution in [3.63, 3.8) is 0 Å². The summed E-state index contributed by atoms with van der Waals surface area (Å²) in [6, 6.07) is 4.00. The zero-order chi connectivity index (χ0) is 14.7. The normalized spacial score (nSPS) is 11.7. The number of halogens is 1. The molecule has 0 bridgehead atoms. The summed E-state index contributed by atoms with van der Waals surface area (Å²) < 4.78 is 6.06. The van der Waals surface area contributed by atoms with Gasteiger partial charge in [0.1, 0.15) is 5.76 Å². The van der Waals surface area contributed by atoms with Crippen LogP contribution in [0.5, 0.6) is 0 Å². The molecule has 0 fully saturated rings. The van der Waals surface area contributed by atoms with Gasteiger partial charge in [0, 0.05) is 10.9 Å². The van der Waals surface area contributed by atoms with Gasteiger partial charge in [-0.25, -0.2) is 0 Å². The second-order valence-electron chi connectivity index (χ2n) is 5.85. The zero-order valence-electron chi connectivity index (χ0n) is 12.8. The van der Waals surface area contributed by atoms with Gasteiger partial charge in [-0.15, -0.1) is 0 Å². The molecule has 2 aromatic rings. The number of aryl methyl sites for hydroxylation is 1. The molecule has 0 spiro atoms. The van der Waals surface area contributed by atoms with E-state index in [9.17, 15) is 0 Å². The van der Waals surface area contributed by atoms with Gasteiger partial charge in [0.25, 0.3) is 0 Å². The van der Waals surface area contributed by atoms with E-state index in [4.69, 9.17) is 16.0 Å². The van der Waals surface area contributed by atoms with E-state index in [1.54, 1.807) is 0 Å². The number of hydrogen-bond donors (Lipinski definition) is 1. The summed E-state index contributed by atoms with van der Waals surface area (Å²) >= 11 is 6.30. The van der Waals surface area contributed by atoms with Gasteiger partial charge in [0.2, 0.25) is 0 Å². The van der Waals surface area contributed by atoms with E-state index in [-0.39, 0.29) is 0 Å². The van der Waals surface area contributed by atoms with Gasteiger partial charge in [-0.2, -0.15) is 0 Å². The minimum atomic E-state index is 0.596. The first-order valence-corrected chi connectivity index (χ1v) is 7.82. The van der Waals surface area contributed by atoms with Crippen LogP contribution in [0.25, 0.3) is 11.0 Å². The maximum atomic E-state index is 6.30. The number of hydrogen-bond acceptors (Lipinski definition) is 2. The Kier molecular flexibility index (Phi) is 5.11. The lowest BCUT2D eigenvalue weighted by Crippen LogP contribution is -2.14. The number of benzene rings is 1. The topological polar surface area (TPSA) is 25.2 Å². The molecular formula is C17H24ClNO. The van der Waals surface area contributed by atoms with Crippen molar-refractivity contribution in [2.45, 2.75) is 47.1 Å². The molecule has 1 aromatic heterocycles. The lowest BCUT2D eigenvalue weighted by atomic mass is 9.97. The SMILES string of the molecule is CCCNCc1oc2c(Cl)ccc(C)c2c1CC(C)C. The maximum Gasteiger partial charge on any atom is 0.153 e. The standard InChI is InChI=1S/C17H24ClNO/c1-5-8-19-10-15-13(9-11(2)3)16-12(4)6-7-14(18)17(16)20-15/h6-7,11,19H,5,8-10H2,1-4H3. The highest BCUT2D eigenvalue weighted by Crippen LogP contribution is 2.35. The van der Waals surface area contributed by atoms with Crippen molar-refractivity contribution in [1.29, 1.82) is 0 Å². The fourth-order valence-corrected chi connectivity index (χ4v) is 2.80. The average molecular weight is 294 g/mol. The Morgan fingerprint density at radius 1 is 1.30 bits per heavy atom. The van der Waals surface area contributed by atoms with E-state index in [0.717, 1.165) is 37.3 Å². The molecule has 20 heavy (non-hydrogen) atoms. The summed E-state index contributed by atoms with van der Waals surface area (Å²) in [5.74, 6) is 1.64. The van der Waals surface area contributed by atoms with E-state index in [1.807, 2.05) is 6.07 Å². The van der Waals surface area contributed by atoms with Gasteiger partial charge in [-0.05, 0) is 43.9 Å². The van der Waals surface area contributed by atoms with Crippen LogP contribution in [-0.2, 0) is 13.0 Å². The highest BCUT2D eigenvalue weighted by atomic mass is 35.5. The monoisotopic (exact) mass is 293 g/mol. The van der Waals surface area contributed by atoms with Crippen molar-refractivity contribution in [2.24, 2.45) is 5.92 Å². The molecule has 0 aliphatic rings. The number of nitrogens with one attached hydrogen (secondary N) is 1. The van der Waals surface area contributed by atoms with E-state index in [0.29, 0.717) is 10.9 Å². The van der Waals surface area contributed by atoms with Gasteiger partial charge < -0.3 is 9.73 Å². The van der Waals surface area contributed by atoms with Gasteiger partial charge >= 0.3 is 0 Å². The lowest BCUT2D eigenvalue weighted by Gasteiger charge is -2.08. The number of furan rings is 1. The molecule has 3 heteroatoms.